The van der Waals surface area contributed by atoms with Crippen LogP contribution in [0.2, 0.25) is 0 Å². The van der Waals surface area contributed by atoms with Crippen molar-refractivity contribution in [3.8, 4) is 17.6 Å². The predicted octanol–water partition coefficient (Wildman–Crippen LogP) is 4.96. The first-order valence-corrected chi connectivity index (χ1v) is 11.8. The average Bonchev–Trinajstić information content (AvgIpc) is 3.16. The third-order valence-electron chi connectivity index (χ3n) is 5.31. The van der Waals surface area contributed by atoms with Crippen molar-refractivity contribution in [1.29, 1.82) is 5.26 Å². The summed E-state index contributed by atoms with van der Waals surface area (Å²) >= 11 is 0.810. The maximum Gasteiger partial charge on any atom is 0.293 e. The van der Waals surface area contributed by atoms with E-state index in [9.17, 15) is 24.0 Å². The first-order chi connectivity index (χ1) is 17.9. The van der Waals surface area contributed by atoms with Gasteiger partial charge < -0.3 is 14.8 Å². The smallest absolute Gasteiger partial charge is 0.293 e. The minimum atomic E-state index is -0.459. The largest absolute Gasteiger partial charge is 0.493 e. The number of imide groups is 1. The van der Waals surface area contributed by atoms with Crippen LogP contribution < -0.4 is 14.8 Å². The Balaban J connectivity index is 1.43. The minimum Gasteiger partial charge on any atom is -0.493 e. The molecule has 1 aliphatic heterocycles. The van der Waals surface area contributed by atoms with Crippen molar-refractivity contribution in [3.63, 3.8) is 0 Å². The molecule has 8 nitrogen and oxygen atoms in total. The molecule has 1 aliphatic rings. The Morgan fingerprint density at radius 1 is 1.11 bits per heavy atom. The lowest BCUT2D eigenvalue weighted by atomic mass is 10.1. The molecular formula is C27H20FN3O5S. The van der Waals surface area contributed by atoms with E-state index in [1.807, 2.05) is 0 Å². The van der Waals surface area contributed by atoms with Crippen LogP contribution in [0.15, 0.2) is 71.6 Å². The molecule has 3 amide bonds. The van der Waals surface area contributed by atoms with Crippen molar-refractivity contribution >= 4 is 40.6 Å². The molecule has 0 atom stereocenters. The Kier molecular flexibility index (Phi) is 7.86. The zero-order valence-electron chi connectivity index (χ0n) is 19.6. The second-order valence-corrected chi connectivity index (χ2v) is 8.78. The maximum absolute atomic E-state index is 13.0. The van der Waals surface area contributed by atoms with Crippen LogP contribution in [0.5, 0.6) is 11.5 Å². The average molecular weight is 518 g/mol. The van der Waals surface area contributed by atoms with Crippen LogP contribution in [-0.2, 0) is 16.1 Å². The van der Waals surface area contributed by atoms with E-state index in [-0.39, 0.29) is 18.1 Å². The second-order valence-electron chi connectivity index (χ2n) is 7.79. The van der Waals surface area contributed by atoms with Gasteiger partial charge in [0, 0.05) is 5.69 Å². The summed E-state index contributed by atoms with van der Waals surface area (Å²) in [5.74, 6) is -0.683. The molecule has 0 radical (unpaired) electrons. The van der Waals surface area contributed by atoms with Crippen molar-refractivity contribution in [3.05, 3.63) is 94.1 Å². The van der Waals surface area contributed by atoms with Gasteiger partial charge in [-0.15, -0.1) is 0 Å². The summed E-state index contributed by atoms with van der Waals surface area (Å²) in [5, 5.41) is 11.4. The number of benzene rings is 3. The Morgan fingerprint density at radius 2 is 1.86 bits per heavy atom. The Morgan fingerprint density at radius 3 is 2.59 bits per heavy atom. The lowest BCUT2D eigenvalue weighted by molar-refractivity contribution is -0.123. The molecule has 3 aromatic carbocycles. The van der Waals surface area contributed by atoms with Crippen LogP contribution in [0.3, 0.4) is 0 Å². The molecule has 0 spiro atoms. The molecule has 10 heteroatoms. The molecule has 0 unspecified atom stereocenters. The lowest BCUT2D eigenvalue weighted by Gasteiger charge is -2.13. The fourth-order valence-electron chi connectivity index (χ4n) is 3.49. The van der Waals surface area contributed by atoms with Crippen molar-refractivity contribution in [2.24, 2.45) is 0 Å². The highest BCUT2D eigenvalue weighted by Gasteiger charge is 2.35. The van der Waals surface area contributed by atoms with Crippen LogP contribution in [0, 0.1) is 17.1 Å². The molecule has 186 valence electrons. The number of methoxy groups -OCH3 is 1. The van der Waals surface area contributed by atoms with Crippen molar-refractivity contribution in [2.45, 2.75) is 6.54 Å². The number of amides is 3. The molecule has 1 fully saturated rings. The summed E-state index contributed by atoms with van der Waals surface area (Å²) < 4.78 is 23.9. The molecule has 0 bridgehead atoms. The summed E-state index contributed by atoms with van der Waals surface area (Å²) in [5.41, 5.74) is 2.00. The van der Waals surface area contributed by atoms with Gasteiger partial charge >= 0.3 is 0 Å². The summed E-state index contributed by atoms with van der Waals surface area (Å²) in [6.07, 6.45) is 1.56. The second kappa shape index (κ2) is 11.4. The Labute approximate surface area is 216 Å². The molecule has 4 rings (SSSR count). The van der Waals surface area contributed by atoms with Gasteiger partial charge in [-0.3, -0.25) is 19.3 Å². The van der Waals surface area contributed by atoms with Gasteiger partial charge in [-0.2, -0.15) is 5.26 Å². The maximum atomic E-state index is 13.0. The molecule has 3 aromatic rings. The third kappa shape index (κ3) is 6.15. The fraction of sp³-hybridized carbons (Fsp3) is 0.111. The number of nitriles is 1. The van der Waals surface area contributed by atoms with Crippen LogP contribution in [0.25, 0.3) is 6.08 Å². The van der Waals surface area contributed by atoms with Crippen LogP contribution in [0.4, 0.5) is 14.9 Å². The number of nitrogens with one attached hydrogen (secondary N) is 1. The number of carbonyl (C=O) groups excluding carboxylic acids is 3. The van der Waals surface area contributed by atoms with Gasteiger partial charge in [-0.05, 0) is 71.4 Å². The number of hydrogen-bond acceptors (Lipinski definition) is 7. The van der Waals surface area contributed by atoms with E-state index < -0.39 is 22.9 Å². The van der Waals surface area contributed by atoms with Gasteiger partial charge in [0.1, 0.15) is 5.82 Å². The van der Waals surface area contributed by atoms with Gasteiger partial charge in [-0.25, -0.2) is 4.39 Å². The van der Waals surface area contributed by atoms with E-state index in [1.54, 1.807) is 48.5 Å². The van der Waals surface area contributed by atoms with Crippen molar-refractivity contribution in [2.75, 3.05) is 19.0 Å². The van der Waals surface area contributed by atoms with E-state index in [0.29, 0.717) is 33.9 Å². The summed E-state index contributed by atoms with van der Waals surface area (Å²) in [7, 11) is 1.44. The third-order valence-corrected chi connectivity index (χ3v) is 6.22. The van der Waals surface area contributed by atoms with E-state index in [1.165, 1.54) is 31.4 Å². The first-order valence-electron chi connectivity index (χ1n) is 11.0. The number of anilines is 1. The van der Waals surface area contributed by atoms with Crippen LogP contribution >= 0.6 is 11.8 Å². The normalized spacial score (nSPS) is 14.0. The van der Waals surface area contributed by atoms with E-state index in [2.05, 4.69) is 11.4 Å². The molecule has 0 saturated carbocycles. The van der Waals surface area contributed by atoms with E-state index >= 15 is 0 Å². The lowest BCUT2D eigenvalue weighted by Crippen LogP contribution is -2.27. The van der Waals surface area contributed by atoms with Gasteiger partial charge in [0.05, 0.1) is 30.2 Å². The van der Waals surface area contributed by atoms with Crippen LogP contribution in [0.1, 0.15) is 16.7 Å². The predicted molar refractivity (Wildman–Crippen MR) is 136 cm³/mol. The molecule has 0 aromatic heterocycles. The standard InChI is InChI=1S/C27H20FN3O5S/c1-35-23-12-17(6-11-22(23)36-16-25(32)30-21-9-7-20(28)8-10-21)13-24-26(33)31(27(34)37-24)15-19-5-3-2-4-18(19)14-29/h2-13H,15-16H2,1H3,(H,30,32)/b24-13+. The van der Waals surface area contributed by atoms with Gasteiger partial charge in [0.2, 0.25) is 0 Å². The molecule has 1 saturated heterocycles. The molecule has 1 heterocycles. The number of rotatable bonds is 8. The fourth-order valence-corrected chi connectivity index (χ4v) is 4.33. The number of carbonyl (C=O) groups is 3. The number of nitrogens with zero attached hydrogens (tertiary/aromatic N) is 2. The molecule has 37 heavy (non-hydrogen) atoms. The molecule has 1 N–H and O–H groups in total. The zero-order valence-corrected chi connectivity index (χ0v) is 20.4. The first kappa shape index (κ1) is 25.5. The van der Waals surface area contributed by atoms with Crippen molar-refractivity contribution in [1.82, 2.24) is 4.90 Å². The van der Waals surface area contributed by atoms with Crippen molar-refractivity contribution < 1.29 is 28.2 Å². The number of thioether (sulfide) groups is 1. The molecule has 0 aliphatic carbocycles. The van der Waals surface area contributed by atoms with Gasteiger partial charge in [0.25, 0.3) is 17.1 Å². The highest BCUT2D eigenvalue weighted by Crippen LogP contribution is 2.35. The Hall–Kier alpha value is -4.62. The highest BCUT2D eigenvalue weighted by atomic mass is 32.2. The van der Waals surface area contributed by atoms with Crippen LogP contribution in [-0.4, -0.2) is 35.7 Å². The van der Waals surface area contributed by atoms with Gasteiger partial charge in [-0.1, -0.05) is 24.3 Å². The summed E-state index contributed by atoms with van der Waals surface area (Å²) in [6, 6.07) is 19.1. The highest BCUT2D eigenvalue weighted by molar-refractivity contribution is 8.18. The van der Waals surface area contributed by atoms with E-state index in [0.717, 1.165) is 16.7 Å². The monoisotopic (exact) mass is 517 g/mol. The minimum absolute atomic E-state index is 0.00181. The Bertz CT molecular complexity index is 1430. The SMILES string of the molecule is COc1cc(/C=C2/SC(=O)N(Cc3ccccc3C#N)C2=O)ccc1OCC(=O)Nc1ccc(F)cc1. The number of hydrogen-bond donors (Lipinski definition) is 1. The van der Waals surface area contributed by atoms with E-state index in [4.69, 9.17) is 9.47 Å². The van der Waals surface area contributed by atoms with Gasteiger partial charge in [0.15, 0.2) is 18.1 Å². The quantitative estimate of drug-likeness (QED) is 0.421. The summed E-state index contributed by atoms with van der Waals surface area (Å²) in [4.78, 5) is 38.9. The number of ether oxygens (including phenoxy) is 2. The summed E-state index contributed by atoms with van der Waals surface area (Å²) in [6.45, 7) is -0.308. The topological polar surface area (TPSA) is 109 Å². The molecular weight excluding hydrogens is 497 g/mol. The zero-order chi connectivity index (χ0) is 26.4. The number of halogens is 1.